The monoisotopic (exact) mass is 466 g/mol. The molecule has 4 N–H and O–H groups in total. The number of nitrogen functional groups attached to an aromatic ring is 2. The second kappa shape index (κ2) is 8.72. The van der Waals surface area contributed by atoms with Gasteiger partial charge in [0.15, 0.2) is 0 Å². The van der Waals surface area contributed by atoms with Crippen molar-refractivity contribution < 1.29 is 9.59 Å². The Balaban J connectivity index is 1.53. The van der Waals surface area contributed by atoms with Gasteiger partial charge < -0.3 is 16.4 Å². The van der Waals surface area contributed by atoms with Crippen molar-refractivity contribution in [2.75, 3.05) is 30.0 Å². The lowest BCUT2D eigenvalue weighted by Gasteiger charge is -2.20. The third-order valence-electron chi connectivity index (χ3n) is 6.62. The van der Waals surface area contributed by atoms with E-state index in [4.69, 9.17) is 11.5 Å². The molecular weight excluding hydrogens is 440 g/mol. The molecule has 0 spiro atoms. The number of rotatable bonds is 5. The van der Waals surface area contributed by atoms with Crippen LogP contribution >= 0.6 is 0 Å². The van der Waals surface area contributed by atoms with E-state index in [9.17, 15) is 9.59 Å². The molecule has 0 saturated heterocycles. The minimum Gasteiger partial charge on any atom is -0.383 e. The first-order valence-corrected chi connectivity index (χ1v) is 11.4. The summed E-state index contributed by atoms with van der Waals surface area (Å²) in [6.45, 7) is 3.46. The molecule has 1 aliphatic heterocycles. The minimum absolute atomic E-state index is 0.172. The molecule has 0 atom stereocenters. The second-order valence-electron chi connectivity index (χ2n) is 8.83. The zero-order chi connectivity index (χ0) is 24.7. The van der Waals surface area contributed by atoms with Gasteiger partial charge in [0, 0.05) is 43.1 Å². The number of anilines is 3. The van der Waals surface area contributed by atoms with Crippen LogP contribution in [0.3, 0.4) is 0 Å². The molecule has 2 amide bonds. The molecule has 0 saturated carbocycles. The second-order valence-corrected chi connectivity index (χ2v) is 8.83. The van der Waals surface area contributed by atoms with Gasteiger partial charge in [0.1, 0.15) is 5.82 Å². The molecule has 0 radical (unpaired) electrons. The lowest BCUT2D eigenvalue weighted by Crippen LogP contribution is -2.25. The third kappa shape index (κ3) is 3.93. The van der Waals surface area contributed by atoms with Gasteiger partial charge >= 0.3 is 0 Å². The lowest BCUT2D eigenvalue weighted by molar-refractivity contribution is -0.115. The Morgan fingerprint density at radius 2 is 2.00 bits per heavy atom. The van der Waals surface area contributed by atoms with Crippen LogP contribution in [0.5, 0.6) is 0 Å². The van der Waals surface area contributed by atoms with Crippen molar-refractivity contribution in [2.24, 2.45) is 0 Å². The largest absolute Gasteiger partial charge is 0.383 e. The number of imide groups is 1. The lowest BCUT2D eigenvalue weighted by atomic mass is 9.91. The number of nitrogens with zero attached hydrogens (tertiary/aromatic N) is 4. The van der Waals surface area contributed by atoms with Gasteiger partial charge in [-0.05, 0) is 64.6 Å². The highest BCUT2D eigenvalue weighted by Crippen LogP contribution is 2.37. The van der Waals surface area contributed by atoms with E-state index in [2.05, 4.69) is 33.1 Å². The van der Waals surface area contributed by atoms with E-state index in [0.717, 1.165) is 56.6 Å². The van der Waals surface area contributed by atoms with Crippen LogP contribution in [0.1, 0.15) is 27.0 Å². The Labute approximate surface area is 203 Å². The van der Waals surface area contributed by atoms with Crippen LogP contribution in [-0.2, 0) is 17.8 Å². The van der Waals surface area contributed by atoms with Gasteiger partial charge in [-0.2, -0.15) is 4.98 Å². The molecule has 176 valence electrons. The smallest absolute Gasteiger partial charge is 0.260 e. The standard InChI is InChI=1S/C27H26N6O2/c1-16-4-3-5-21-20(7-8-22(24(16)21)26(35)32(2)15-34)17-6-9-23-18(12-17)10-11-33(23)14-19-13-30-27(29)31-25(19)28/h3-9,12-13,15H,10-11,14H2,1-2H3,(H4,28,29,30,31). The number of benzene rings is 3. The molecule has 8 heteroatoms. The first-order chi connectivity index (χ1) is 16.9. The maximum Gasteiger partial charge on any atom is 0.260 e. The summed E-state index contributed by atoms with van der Waals surface area (Å²) >= 11 is 0. The summed E-state index contributed by atoms with van der Waals surface area (Å²) in [5, 5.41) is 1.85. The summed E-state index contributed by atoms with van der Waals surface area (Å²) in [6, 6.07) is 16.2. The van der Waals surface area contributed by atoms with Crippen molar-refractivity contribution in [3.05, 3.63) is 77.0 Å². The van der Waals surface area contributed by atoms with E-state index in [1.54, 1.807) is 6.20 Å². The van der Waals surface area contributed by atoms with Crippen molar-refractivity contribution in [3.63, 3.8) is 0 Å². The number of aromatic nitrogens is 2. The van der Waals surface area contributed by atoms with Crippen molar-refractivity contribution in [3.8, 4) is 11.1 Å². The highest BCUT2D eigenvalue weighted by Gasteiger charge is 2.22. The van der Waals surface area contributed by atoms with E-state index >= 15 is 0 Å². The van der Waals surface area contributed by atoms with Gasteiger partial charge in [-0.15, -0.1) is 0 Å². The molecule has 8 nitrogen and oxygen atoms in total. The summed E-state index contributed by atoms with van der Waals surface area (Å²) in [5.74, 6) is 0.256. The average molecular weight is 467 g/mol. The maximum atomic E-state index is 12.8. The van der Waals surface area contributed by atoms with E-state index in [0.29, 0.717) is 24.3 Å². The Hall–Kier alpha value is -4.46. The van der Waals surface area contributed by atoms with Crippen LogP contribution in [0.25, 0.3) is 21.9 Å². The molecule has 35 heavy (non-hydrogen) atoms. The minimum atomic E-state index is -0.318. The van der Waals surface area contributed by atoms with Gasteiger partial charge in [-0.1, -0.05) is 30.3 Å². The van der Waals surface area contributed by atoms with Gasteiger partial charge in [0.05, 0.1) is 0 Å². The molecule has 2 heterocycles. The van der Waals surface area contributed by atoms with Crippen LogP contribution in [0.4, 0.5) is 17.5 Å². The quantitative estimate of drug-likeness (QED) is 0.432. The Kier molecular flexibility index (Phi) is 5.56. The van der Waals surface area contributed by atoms with Gasteiger partial charge in [-0.25, -0.2) is 4.98 Å². The zero-order valence-electron chi connectivity index (χ0n) is 19.7. The van der Waals surface area contributed by atoms with E-state index in [1.165, 1.54) is 12.6 Å². The van der Waals surface area contributed by atoms with Crippen LogP contribution < -0.4 is 16.4 Å². The number of nitrogens with two attached hydrogens (primary N) is 2. The Bertz CT molecular complexity index is 1480. The van der Waals surface area contributed by atoms with Crippen LogP contribution in [-0.4, -0.2) is 40.8 Å². The number of carbonyl (C=O) groups is 2. The summed E-state index contributed by atoms with van der Waals surface area (Å²) in [5.41, 5.74) is 18.6. The van der Waals surface area contributed by atoms with E-state index in [-0.39, 0.29) is 11.9 Å². The number of carbonyl (C=O) groups excluding carboxylic acids is 2. The SMILES string of the molecule is Cc1cccc2c(-c3ccc4c(c3)CCN4Cc3cnc(N)nc3N)ccc(C(=O)N(C)C=O)c12. The van der Waals surface area contributed by atoms with Gasteiger partial charge in [0.25, 0.3) is 5.91 Å². The Morgan fingerprint density at radius 3 is 2.77 bits per heavy atom. The van der Waals surface area contributed by atoms with Crippen molar-refractivity contribution in [2.45, 2.75) is 19.9 Å². The molecule has 0 unspecified atom stereocenters. The van der Waals surface area contributed by atoms with E-state index < -0.39 is 0 Å². The molecule has 5 rings (SSSR count). The van der Waals surface area contributed by atoms with Crippen molar-refractivity contribution in [1.82, 2.24) is 14.9 Å². The third-order valence-corrected chi connectivity index (χ3v) is 6.62. The van der Waals surface area contributed by atoms with E-state index in [1.807, 2.05) is 37.3 Å². The maximum absolute atomic E-state index is 12.8. The normalized spacial score (nSPS) is 12.6. The average Bonchev–Trinajstić information content (AvgIpc) is 3.26. The molecular formula is C27H26N6O2. The first kappa shape index (κ1) is 22.3. The zero-order valence-corrected chi connectivity index (χ0v) is 19.7. The van der Waals surface area contributed by atoms with Gasteiger partial charge in [0.2, 0.25) is 12.4 Å². The first-order valence-electron chi connectivity index (χ1n) is 11.4. The molecule has 4 aromatic rings. The van der Waals surface area contributed by atoms with Gasteiger partial charge in [-0.3, -0.25) is 14.5 Å². The van der Waals surface area contributed by atoms with Crippen molar-refractivity contribution >= 4 is 40.5 Å². The fraction of sp³-hybridized carbons (Fsp3) is 0.185. The summed E-state index contributed by atoms with van der Waals surface area (Å²) in [6.07, 6.45) is 3.14. The topological polar surface area (TPSA) is 118 Å². The highest BCUT2D eigenvalue weighted by atomic mass is 16.2. The van der Waals surface area contributed by atoms with Crippen molar-refractivity contribution in [1.29, 1.82) is 0 Å². The predicted octanol–water partition coefficient (Wildman–Crippen LogP) is 3.56. The van der Waals surface area contributed by atoms with Crippen LogP contribution in [0.15, 0.2) is 54.7 Å². The molecule has 3 aromatic carbocycles. The number of amides is 2. The Morgan fingerprint density at radius 1 is 1.17 bits per heavy atom. The fourth-order valence-corrected chi connectivity index (χ4v) is 4.82. The highest BCUT2D eigenvalue weighted by molar-refractivity contribution is 6.13. The predicted molar refractivity (Wildman–Crippen MR) is 138 cm³/mol. The molecule has 1 aliphatic rings. The summed E-state index contributed by atoms with van der Waals surface area (Å²) in [4.78, 5) is 35.5. The fourth-order valence-electron chi connectivity index (χ4n) is 4.82. The molecule has 0 fully saturated rings. The number of hydrogen-bond donors (Lipinski definition) is 2. The summed E-state index contributed by atoms with van der Waals surface area (Å²) < 4.78 is 0. The molecule has 1 aromatic heterocycles. The van der Waals surface area contributed by atoms with Crippen LogP contribution in [0.2, 0.25) is 0 Å². The number of hydrogen-bond acceptors (Lipinski definition) is 7. The number of fused-ring (bicyclic) bond motifs is 2. The molecule has 0 aliphatic carbocycles. The van der Waals surface area contributed by atoms with Crippen LogP contribution in [0, 0.1) is 6.92 Å². The summed E-state index contributed by atoms with van der Waals surface area (Å²) in [7, 11) is 1.48. The molecule has 0 bridgehead atoms. The number of aryl methyl sites for hydroxylation is 1.